The number of hydrogen-bond acceptors (Lipinski definition) is 3. The highest BCUT2D eigenvalue weighted by Gasteiger charge is 2.63. The van der Waals surface area contributed by atoms with E-state index < -0.39 is 0 Å². The summed E-state index contributed by atoms with van der Waals surface area (Å²) in [4.78, 5) is 24.3. The van der Waals surface area contributed by atoms with Crippen molar-refractivity contribution in [3.05, 3.63) is 35.9 Å². The van der Waals surface area contributed by atoms with E-state index in [4.69, 9.17) is 4.74 Å². The molecule has 25 heavy (non-hydrogen) atoms. The molecule has 0 heterocycles. The quantitative estimate of drug-likeness (QED) is 0.482. The second-order valence-corrected chi connectivity index (χ2v) is 8.33. The molecule has 0 aromatic heterocycles. The molecule has 136 valence electrons. The highest BCUT2D eigenvalue weighted by molar-refractivity contribution is 5.90. The summed E-state index contributed by atoms with van der Waals surface area (Å²) in [5.74, 6) is 0.887. The number of hydrogen-bond donors (Lipinski definition) is 0. The third-order valence-electron chi connectivity index (χ3n) is 6.88. The molecule has 2 aliphatic rings. The van der Waals surface area contributed by atoms with Crippen molar-refractivity contribution in [3.63, 3.8) is 0 Å². The van der Waals surface area contributed by atoms with Crippen LogP contribution in [0, 0.1) is 16.7 Å². The zero-order chi connectivity index (χ0) is 17.9. The van der Waals surface area contributed by atoms with Gasteiger partial charge in [-0.2, -0.15) is 0 Å². The predicted molar refractivity (Wildman–Crippen MR) is 98.4 cm³/mol. The first-order valence-corrected chi connectivity index (χ1v) is 9.73. The van der Waals surface area contributed by atoms with E-state index in [0.29, 0.717) is 23.9 Å². The van der Waals surface area contributed by atoms with Crippen molar-refractivity contribution >= 4 is 11.8 Å². The topological polar surface area (TPSA) is 43.4 Å². The molecule has 3 rings (SSSR count). The summed E-state index contributed by atoms with van der Waals surface area (Å²) in [6.45, 7) is 5.09. The Bertz CT molecular complexity index is 619. The van der Waals surface area contributed by atoms with E-state index in [1.807, 2.05) is 18.2 Å². The van der Waals surface area contributed by atoms with Crippen LogP contribution in [-0.2, 0) is 9.53 Å². The Morgan fingerprint density at radius 1 is 1.12 bits per heavy atom. The maximum absolute atomic E-state index is 12.5. The van der Waals surface area contributed by atoms with Crippen LogP contribution in [0.5, 0.6) is 0 Å². The summed E-state index contributed by atoms with van der Waals surface area (Å²) >= 11 is 0. The second-order valence-electron chi connectivity index (χ2n) is 8.33. The van der Waals surface area contributed by atoms with Gasteiger partial charge in [-0.25, -0.2) is 4.79 Å². The number of carbonyl (C=O) groups excluding carboxylic acids is 2. The smallest absolute Gasteiger partial charge is 0.338 e. The fourth-order valence-electron chi connectivity index (χ4n) is 5.06. The van der Waals surface area contributed by atoms with E-state index in [-0.39, 0.29) is 16.8 Å². The van der Waals surface area contributed by atoms with Gasteiger partial charge >= 0.3 is 5.97 Å². The summed E-state index contributed by atoms with van der Waals surface area (Å²) in [7, 11) is 0. The molecule has 2 aliphatic carbocycles. The highest BCUT2D eigenvalue weighted by atomic mass is 16.5. The third kappa shape index (κ3) is 3.38. The monoisotopic (exact) mass is 342 g/mol. The first-order valence-electron chi connectivity index (χ1n) is 9.73. The molecule has 0 radical (unpaired) electrons. The van der Waals surface area contributed by atoms with Gasteiger partial charge in [0.1, 0.15) is 5.78 Å². The van der Waals surface area contributed by atoms with Crippen LogP contribution in [0.15, 0.2) is 30.3 Å². The van der Waals surface area contributed by atoms with Gasteiger partial charge in [-0.05, 0) is 49.1 Å². The number of unbranched alkanes of at least 4 members (excludes halogenated alkanes) is 3. The Hall–Kier alpha value is -1.64. The fourth-order valence-corrected chi connectivity index (χ4v) is 5.06. The average molecular weight is 342 g/mol. The van der Waals surface area contributed by atoms with E-state index in [1.54, 1.807) is 12.1 Å². The number of rotatable bonds is 8. The van der Waals surface area contributed by atoms with Crippen LogP contribution in [0.2, 0.25) is 0 Å². The minimum Gasteiger partial charge on any atom is -0.462 e. The molecule has 0 saturated heterocycles. The molecule has 2 unspecified atom stereocenters. The van der Waals surface area contributed by atoms with Crippen molar-refractivity contribution in [2.75, 3.05) is 6.61 Å². The van der Waals surface area contributed by atoms with Gasteiger partial charge in [0.2, 0.25) is 0 Å². The normalized spacial score (nSPS) is 26.8. The van der Waals surface area contributed by atoms with E-state index in [9.17, 15) is 9.59 Å². The van der Waals surface area contributed by atoms with Crippen molar-refractivity contribution in [2.45, 2.75) is 65.2 Å². The molecule has 1 aromatic carbocycles. The SMILES string of the molecule is CC1(C)C2CCC1(CCCCCCOC(=O)c1ccccc1)C(=O)C2. The maximum Gasteiger partial charge on any atom is 0.338 e. The number of esters is 1. The predicted octanol–water partition coefficient (Wildman–Crippen LogP) is 5.19. The van der Waals surface area contributed by atoms with Gasteiger partial charge in [-0.1, -0.05) is 51.3 Å². The van der Waals surface area contributed by atoms with Crippen molar-refractivity contribution in [2.24, 2.45) is 16.7 Å². The Balaban J connectivity index is 1.33. The van der Waals surface area contributed by atoms with Gasteiger partial charge in [0.05, 0.1) is 12.2 Å². The molecule has 0 amide bonds. The number of ether oxygens (including phenoxy) is 1. The summed E-state index contributed by atoms with van der Waals surface area (Å²) in [5.41, 5.74) is 0.756. The summed E-state index contributed by atoms with van der Waals surface area (Å²) in [6.07, 6.45) is 8.34. The van der Waals surface area contributed by atoms with Crippen molar-refractivity contribution in [3.8, 4) is 0 Å². The van der Waals surface area contributed by atoms with E-state index in [1.165, 1.54) is 6.42 Å². The minimum absolute atomic E-state index is 0.0442. The zero-order valence-electron chi connectivity index (χ0n) is 15.6. The Morgan fingerprint density at radius 3 is 2.48 bits per heavy atom. The number of benzene rings is 1. The molecule has 0 spiro atoms. The lowest BCUT2D eigenvalue weighted by Crippen LogP contribution is -2.35. The summed E-state index contributed by atoms with van der Waals surface area (Å²) in [6, 6.07) is 9.12. The largest absolute Gasteiger partial charge is 0.462 e. The van der Waals surface area contributed by atoms with Crippen molar-refractivity contribution < 1.29 is 14.3 Å². The standard InChI is InChI=1S/C22H30O3/c1-21(2)18-12-14-22(21,19(23)16-18)13-8-3-4-9-15-25-20(24)17-10-6-5-7-11-17/h5-7,10-11,18H,3-4,8-9,12-16H2,1-2H3. The highest BCUT2D eigenvalue weighted by Crippen LogP contribution is 2.65. The molecule has 3 heteroatoms. The van der Waals surface area contributed by atoms with Gasteiger partial charge in [0, 0.05) is 11.8 Å². The minimum atomic E-state index is -0.241. The molecular weight excluding hydrogens is 312 g/mol. The van der Waals surface area contributed by atoms with Crippen molar-refractivity contribution in [1.29, 1.82) is 0 Å². The molecule has 2 saturated carbocycles. The number of ketones is 1. The lowest BCUT2D eigenvalue weighted by atomic mass is 9.66. The molecule has 2 fully saturated rings. The zero-order valence-corrected chi connectivity index (χ0v) is 15.6. The average Bonchev–Trinajstić information content (AvgIpc) is 2.96. The van der Waals surface area contributed by atoms with Gasteiger partial charge in [0.15, 0.2) is 0 Å². The molecule has 2 atom stereocenters. The van der Waals surface area contributed by atoms with Crippen LogP contribution < -0.4 is 0 Å². The van der Waals surface area contributed by atoms with Crippen LogP contribution >= 0.6 is 0 Å². The summed E-state index contributed by atoms with van der Waals surface area (Å²) in [5, 5.41) is 0. The van der Waals surface area contributed by atoms with Crippen LogP contribution in [0.4, 0.5) is 0 Å². The van der Waals surface area contributed by atoms with E-state index in [2.05, 4.69) is 13.8 Å². The van der Waals surface area contributed by atoms with Crippen LogP contribution in [0.3, 0.4) is 0 Å². The number of Topliss-reactive ketones (excluding diaryl/α,β-unsaturated/α-hetero) is 1. The third-order valence-corrected chi connectivity index (χ3v) is 6.88. The van der Waals surface area contributed by atoms with E-state index in [0.717, 1.165) is 44.9 Å². The van der Waals surface area contributed by atoms with E-state index >= 15 is 0 Å². The Labute approximate surface area is 151 Å². The maximum atomic E-state index is 12.5. The summed E-state index contributed by atoms with van der Waals surface area (Å²) < 4.78 is 5.31. The molecule has 0 N–H and O–H groups in total. The van der Waals surface area contributed by atoms with Crippen LogP contribution in [-0.4, -0.2) is 18.4 Å². The molecule has 1 aromatic rings. The van der Waals surface area contributed by atoms with Gasteiger partial charge in [0.25, 0.3) is 0 Å². The molecule has 0 aliphatic heterocycles. The Morgan fingerprint density at radius 2 is 1.84 bits per heavy atom. The molecule has 2 bridgehead atoms. The molecular formula is C22H30O3. The van der Waals surface area contributed by atoms with Gasteiger partial charge in [-0.3, -0.25) is 4.79 Å². The number of carbonyl (C=O) groups is 2. The first kappa shape index (κ1) is 18.2. The van der Waals surface area contributed by atoms with Gasteiger partial charge < -0.3 is 4.74 Å². The fraction of sp³-hybridized carbons (Fsp3) is 0.636. The lowest BCUT2D eigenvalue weighted by Gasteiger charge is -2.36. The lowest BCUT2D eigenvalue weighted by molar-refractivity contribution is -0.130. The van der Waals surface area contributed by atoms with Crippen LogP contribution in [0.25, 0.3) is 0 Å². The Kier molecular flexibility index (Phi) is 5.31. The van der Waals surface area contributed by atoms with Crippen molar-refractivity contribution in [1.82, 2.24) is 0 Å². The second kappa shape index (κ2) is 7.31. The molecule has 3 nitrogen and oxygen atoms in total. The first-order chi connectivity index (χ1) is 12.0. The van der Waals surface area contributed by atoms with Crippen LogP contribution in [0.1, 0.15) is 75.6 Å². The number of fused-ring (bicyclic) bond motifs is 2. The van der Waals surface area contributed by atoms with Gasteiger partial charge in [-0.15, -0.1) is 0 Å².